The summed E-state index contributed by atoms with van der Waals surface area (Å²) in [6.07, 6.45) is -0.484. The summed E-state index contributed by atoms with van der Waals surface area (Å²) in [5.74, 6) is 0.365. The van der Waals surface area contributed by atoms with E-state index in [-0.39, 0.29) is 16.7 Å². The summed E-state index contributed by atoms with van der Waals surface area (Å²) >= 11 is 13.3. The van der Waals surface area contributed by atoms with E-state index in [9.17, 15) is 9.18 Å². The Morgan fingerprint density at radius 2 is 2.00 bits per heavy atom. The quantitative estimate of drug-likeness (QED) is 0.501. The van der Waals surface area contributed by atoms with Crippen LogP contribution in [0.15, 0.2) is 47.6 Å². The third-order valence-corrected chi connectivity index (χ3v) is 5.56. The largest absolute Gasteiger partial charge is 0.481 e. The number of hydrogen-bond donors (Lipinski definition) is 1. The maximum Gasteiger partial charge on any atom is 0.234 e. The lowest BCUT2D eigenvalue weighted by atomic mass is 10.3. The van der Waals surface area contributed by atoms with Gasteiger partial charge >= 0.3 is 0 Å². The first-order chi connectivity index (χ1) is 13.8. The number of hydrogen-bond acceptors (Lipinski definition) is 5. The van der Waals surface area contributed by atoms with Gasteiger partial charge in [-0.2, -0.15) is 0 Å². The van der Waals surface area contributed by atoms with E-state index in [1.54, 1.807) is 42.8 Å². The Kier molecular flexibility index (Phi) is 7.00. The lowest BCUT2D eigenvalue weighted by Crippen LogP contribution is -2.15. The van der Waals surface area contributed by atoms with Crippen LogP contribution in [-0.4, -0.2) is 26.4 Å². The molecule has 1 amide bonds. The van der Waals surface area contributed by atoms with Crippen molar-refractivity contribution in [1.82, 2.24) is 14.8 Å². The average Bonchev–Trinajstić information content (AvgIpc) is 3.05. The zero-order valence-electron chi connectivity index (χ0n) is 15.5. The van der Waals surface area contributed by atoms with Crippen LogP contribution in [0.3, 0.4) is 0 Å². The molecule has 6 nitrogen and oxygen atoms in total. The molecule has 1 heterocycles. The van der Waals surface area contributed by atoms with E-state index in [1.165, 1.54) is 30.0 Å². The van der Waals surface area contributed by atoms with Crippen molar-refractivity contribution in [1.29, 1.82) is 0 Å². The Bertz CT molecular complexity index is 1030. The van der Waals surface area contributed by atoms with Gasteiger partial charge in [-0.3, -0.25) is 4.79 Å². The molecule has 3 rings (SSSR count). The monoisotopic (exact) mass is 454 g/mol. The summed E-state index contributed by atoms with van der Waals surface area (Å²) < 4.78 is 20.7. The molecule has 1 aromatic heterocycles. The summed E-state index contributed by atoms with van der Waals surface area (Å²) in [6, 6.07) is 10.9. The maximum atomic E-state index is 13.2. The molecule has 1 unspecified atom stereocenters. The van der Waals surface area contributed by atoms with Crippen LogP contribution in [0.5, 0.6) is 5.75 Å². The molecule has 152 valence electrons. The van der Waals surface area contributed by atoms with Crippen molar-refractivity contribution in [3.8, 4) is 5.75 Å². The van der Waals surface area contributed by atoms with Gasteiger partial charge in [0.1, 0.15) is 11.6 Å². The smallest absolute Gasteiger partial charge is 0.234 e. The van der Waals surface area contributed by atoms with Crippen LogP contribution >= 0.6 is 35.0 Å². The van der Waals surface area contributed by atoms with Gasteiger partial charge in [0.2, 0.25) is 5.91 Å². The fourth-order valence-electron chi connectivity index (χ4n) is 2.50. The number of ether oxygens (including phenoxy) is 1. The van der Waals surface area contributed by atoms with E-state index in [2.05, 4.69) is 15.5 Å². The number of amides is 1. The second-order valence-electron chi connectivity index (χ2n) is 6.05. The Balaban J connectivity index is 1.61. The van der Waals surface area contributed by atoms with E-state index >= 15 is 0 Å². The van der Waals surface area contributed by atoms with Crippen LogP contribution in [0.4, 0.5) is 10.1 Å². The number of para-hydroxylation sites is 1. The minimum absolute atomic E-state index is 0.135. The first-order valence-corrected chi connectivity index (χ1v) is 10.3. The van der Waals surface area contributed by atoms with Crippen LogP contribution in [0.1, 0.15) is 18.9 Å². The zero-order chi connectivity index (χ0) is 21.0. The first-order valence-electron chi connectivity index (χ1n) is 8.53. The number of carbonyl (C=O) groups excluding carboxylic acids is 1. The van der Waals surface area contributed by atoms with E-state index in [4.69, 9.17) is 27.9 Å². The normalized spacial score (nSPS) is 11.9. The number of nitrogens with zero attached hydrogens (tertiary/aromatic N) is 3. The molecule has 0 aliphatic rings. The molecule has 0 fully saturated rings. The van der Waals surface area contributed by atoms with Gasteiger partial charge < -0.3 is 14.6 Å². The first kappa shape index (κ1) is 21.4. The molecule has 0 spiro atoms. The number of anilines is 1. The summed E-state index contributed by atoms with van der Waals surface area (Å²) in [4.78, 5) is 12.2. The average molecular weight is 455 g/mol. The fraction of sp³-hybridized carbons (Fsp3) is 0.211. The third-order valence-electron chi connectivity index (χ3n) is 3.91. The molecule has 0 saturated heterocycles. The summed E-state index contributed by atoms with van der Waals surface area (Å²) in [7, 11) is 1.77. The van der Waals surface area contributed by atoms with Crippen molar-refractivity contribution >= 4 is 46.6 Å². The molecule has 0 radical (unpaired) electrons. The number of nitrogens with one attached hydrogen (secondary N) is 1. The van der Waals surface area contributed by atoms with Gasteiger partial charge in [0.05, 0.1) is 21.5 Å². The summed E-state index contributed by atoms with van der Waals surface area (Å²) in [5.41, 5.74) is 0.552. The molecule has 1 atom stereocenters. The molecule has 0 bridgehead atoms. The summed E-state index contributed by atoms with van der Waals surface area (Å²) in [6.45, 7) is 1.78. The number of carbonyl (C=O) groups is 1. The van der Waals surface area contributed by atoms with Crippen LogP contribution in [0.2, 0.25) is 10.0 Å². The molecule has 2 aromatic carbocycles. The van der Waals surface area contributed by atoms with Crippen molar-refractivity contribution in [2.45, 2.75) is 18.2 Å². The molecule has 29 heavy (non-hydrogen) atoms. The number of aromatic nitrogens is 3. The number of benzene rings is 2. The van der Waals surface area contributed by atoms with E-state index in [0.717, 1.165) is 0 Å². The molecular formula is C19H17Cl2FN4O2S. The third kappa shape index (κ3) is 5.41. The minimum atomic E-state index is -0.484. The minimum Gasteiger partial charge on any atom is -0.481 e. The molecule has 3 aromatic rings. The van der Waals surface area contributed by atoms with Crippen LogP contribution in [-0.2, 0) is 11.8 Å². The van der Waals surface area contributed by atoms with Gasteiger partial charge in [-0.1, -0.05) is 47.1 Å². The number of thioether (sulfide) groups is 1. The summed E-state index contributed by atoms with van der Waals surface area (Å²) in [5, 5.41) is 12.2. The topological polar surface area (TPSA) is 69.0 Å². The molecule has 1 N–H and O–H groups in total. The molecule has 10 heteroatoms. The highest BCUT2D eigenvalue weighted by Crippen LogP contribution is 2.30. The molecule has 0 saturated carbocycles. The van der Waals surface area contributed by atoms with Crippen LogP contribution in [0, 0.1) is 5.82 Å². The van der Waals surface area contributed by atoms with E-state index in [0.29, 0.717) is 27.4 Å². The van der Waals surface area contributed by atoms with E-state index < -0.39 is 11.9 Å². The molecular weight excluding hydrogens is 438 g/mol. The second-order valence-corrected chi connectivity index (χ2v) is 7.81. The number of rotatable bonds is 7. The Hall–Kier alpha value is -2.29. The van der Waals surface area contributed by atoms with Gasteiger partial charge in [-0.25, -0.2) is 4.39 Å². The Labute approximate surface area is 181 Å². The van der Waals surface area contributed by atoms with Crippen LogP contribution in [0.25, 0.3) is 0 Å². The van der Waals surface area contributed by atoms with Crippen molar-refractivity contribution in [3.63, 3.8) is 0 Å². The Morgan fingerprint density at radius 1 is 1.24 bits per heavy atom. The SMILES string of the molecule is CC(Oc1ccc(F)cc1Cl)c1nnc(SCC(=O)Nc2ccccc2Cl)n1C. The van der Waals surface area contributed by atoms with Gasteiger partial charge in [-0.15, -0.1) is 10.2 Å². The van der Waals surface area contributed by atoms with Crippen molar-refractivity contribution in [2.24, 2.45) is 7.05 Å². The zero-order valence-corrected chi connectivity index (χ0v) is 17.9. The lowest BCUT2D eigenvalue weighted by Gasteiger charge is -2.15. The molecule has 0 aliphatic carbocycles. The second kappa shape index (κ2) is 9.47. The van der Waals surface area contributed by atoms with Gasteiger partial charge in [-0.05, 0) is 37.3 Å². The van der Waals surface area contributed by atoms with Gasteiger partial charge in [0.15, 0.2) is 17.1 Å². The van der Waals surface area contributed by atoms with E-state index in [1.807, 2.05) is 0 Å². The van der Waals surface area contributed by atoms with Crippen LogP contribution < -0.4 is 10.1 Å². The molecule has 0 aliphatic heterocycles. The highest BCUT2D eigenvalue weighted by molar-refractivity contribution is 7.99. The van der Waals surface area contributed by atoms with Crippen molar-refractivity contribution in [2.75, 3.05) is 11.1 Å². The van der Waals surface area contributed by atoms with Crippen molar-refractivity contribution < 1.29 is 13.9 Å². The van der Waals surface area contributed by atoms with Gasteiger partial charge in [0.25, 0.3) is 0 Å². The highest BCUT2D eigenvalue weighted by atomic mass is 35.5. The highest BCUT2D eigenvalue weighted by Gasteiger charge is 2.19. The predicted molar refractivity (Wildman–Crippen MR) is 112 cm³/mol. The standard InChI is InChI=1S/C19H17Cl2FN4O2S/c1-11(28-16-8-7-12(22)9-14(16)21)18-24-25-19(26(18)2)29-10-17(27)23-15-6-4-3-5-13(15)20/h3-9,11H,10H2,1-2H3,(H,23,27). The number of halogens is 3. The predicted octanol–water partition coefficient (Wildman–Crippen LogP) is 5.13. The Morgan fingerprint density at radius 3 is 2.72 bits per heavy atom. The van der Waals surface area contributed by atoms with Crippen molar-refractivity contribution in [3.05, 3.63) is 64.2 Å². The maximum absolute atomic E-state index is 13.2. The fourth-order valence-corrected chi connectivity index (χ4v) is 3.61. The lowest BCUT2D eigenvalue weighted by molar-refractivity contribution is -0.113. The van der Waals surface area contributed by atoms with Gasteiger partial charge in [0, 0.05) is 7.05 Å².